The molecular formula is C15H16Cl2O2. The Kier molecular flexibility index (Phi) is 3.48. The van der Waals surface area contributed by atoms with E-state index in [0.29, 0.717) is 28.0 Å². The molecule has 0 radical (unpaired) electrons. The Morgan fingerprint density at radius 3 is 2.58 bits per heavy atom. The van der Waals surface area contributed by atoms with Gasteiger partial charge in [-0.15, -0.1) is 0 Å². The van der Waals surface area contributed by atoms with Gasteiger partial charge in [0.15, 0.2) is 0 Å². The Bertz CT molecular complexity index is 507. The summed E-state index contributed by atoms with van der Waals surface area (Å²) in [6, 6.07) is 5.19. The van der Waals surface area contributed by atoms with E-state index in [9.17, 15) is 4.79 Å². The molecule has 0 saturated heterocycles. The molecule has 1 unspecified atom stereocenters. The van der Waals surface area contributed by atoms with Crippen molar-refractivity contribution in [1.82, 2.24) is 0 Å². The summed E-state index contributed by atoms with van der Waals surface area (Å²) < 4.78 is 5.99. The number of Topliss-reactive ketones (excluding diaryl/α,β-unsaturated/α-hetero) is 1. The number of rotatable bonds is 2. The van der Waals surface area contributed by atoms with Crippen LogP contribution in [0.1, 0.15) is 38.5 Å². The Morgan fingerprint density at radius 1 is 1.16 bits per heavy atom. The molecule has 2 fully saturated rings. The highest BCUT2D eigenvalue weighted by molar-refractivity contribution is 6.34. The fraction of sp³-hybridized carbons (Fsp3) is 0.533. The Labute approximate surface area is 123 Å². The van der Waals surface area contributed by atoms with Gasteiger partial charge in [0.2, 0.25) is 0 Å². The first kappa shape index (κ1) is 13.3. The zero-order chi connectivity index (χ0) is 13.5. The van der Waals surface area contributed by atoms with Gasteiger partial charge < -0.3 is 4.74 Å². The van der Waals surface area contributed by atoms with Gasteiger partial charge in [0, 0.05) is 17.5 Å². The Balaban J connectivity index is 1.80. The van der Waals surface area contributed by atoms with Gasteiger partial charge in [0.25, 0.3) is 0 Å². The zero-order valence-corrected chi connectivity index (χ0v) is 12.1. The lowest BCUT2D eigenvalue weighted by Crippen LogP contribution is -2.57. The molecule has 2 aliphatic carbocycles. The van der Waals surface area contributed by atoms with Crippen LogP contribution in [0.4, 0.5) is 0 Å². The summed E-state index contributed by atoms with van der Waals surface area (Å²) in [7, 11) is 0. The van der Waals surface area contributed by atoms with Crippen molar-refractivity contribution in [2.24, 2.45) is 5.41 Å². The highest BCUT2D eigenvalue weighted by Crippen LogP contribution is 2.51. The molecule has 3 rings (SSSR count). The molecule has 1 atom stereocenters. The van der Waals surface area contributed by atoms with E-state index in [4.69, 9.17) is 27.9 Å². The molecule has 2 nitrogen and oxygen atoms in total. The number of carbonyl (C=O) groups excluding carboxylic acids is 1. The van der Waals surface area contributed by atoms with Crippen LogP contribution < -0.4 is 4.74 Å². The molecule has 0 aliphatic heterocycles. The van der Waals surface area contributed by atoms with Gasteiger partial charge in [0.05, 0.1) is 10.4 Å². The standard InChI is InChI=1S/C15H16Cl2O2/c16-10-4-5-11(17)12(8-10)19-14-9-13(18)15(14)6-2-1-3-7-15/h4-5,8,14H,1-3,6-7,9H2. The summed E-state index contributed by atoms with van der Waals surface area (Å²) in [5.74, 6) is 0.951. The van der Waals surface area contributed by atoms with Crippen molar-refractivity contribution in [2.75, 3.05) is 0 Å². The van der Waals surface area contributed by atoms with Crippen molar-refractivity contribution < 1.29 is 9.53 Å². The van der Waals surface area contributed by atoms with Crippen molar-refractivity contribution in [1.29, 1.82) is 0 Å². The van der Waals surface area contributed by atoms with Gasteiger partial charge in [-0.3, -0.25) is 4.79 Å². The van der Waals surface area contributed by atoms with Crippen LogP contribution in [0, 0.1) is 5.41 Å². The van der Waals surface area contributed by atoms with E-state index in [2.05, 4.69) is 0 Å². The maximum absolute atomic E-state index is 12.0. The van der Waals surface area contributed by atoms with Gasteiger partial charge in [-0.1, -0.05) is 42.5 Å². The van der Waals surface area contributed by atoms with E-state index in [1.54, 1.807) is 18.2 Å². The molecule has 2 aliphatic rings. The summed E-state index contributed by atoms with van der Waals surface area (Å²) in [5.41, 5.74) is -0.246. The topological polar surface area (TPSA) is 26.3 Å². The number of carbonyl (C=O) groups is 1. The molecule has 4 heteroatoms. The summed E-state index contributed by atoms with van der Waals surface area (Å²) in [4.78, 5) is 12.0. The molecule has 1 aromatic rings. The largest absolute Gasteiger partial charge is 0.487 e. The third-order valence-corrected chi connectivity index (χ3v) is 5.00. The van der Waals surface area contributed by atoms with Crippen molar-refractivity contribution in [3.8, 4) is 5.75 Å². The minimum absolute atomic E-state index is 0.0312. The molecule has 0 amide bonds. The molecule has 0 aromatic heterocycles. The van der Waals surface area contributed by atoms with Gasteiger partial charge in [0.1, 0.15) is 17.6 Å². The van der Waals surface area contributed by atoms with Crippen LogP contribution in [0.3, 0.4) is 0 Å². The molecule has 1 aromatic carbocycles. The molecule has 0 N–H and O–H groups in total. The van der Waals surface area contributed by atoms with Crippen LogP contribution in [0.25, 0.3) is 0 Å². The quantitative estimate of drug-likeness (QED) is 0.793. The van der Waals surface area contributed by atoms with Crippen LogP contribution in [0.5, 0.6) is 5.75 Å². The lowest BCUT2D eigenvalue weighted by molar-refractivity contribution is -0.156. The molecular weight excluding hydrogens is 283 g/mol. The molecule has 2 saturated carbocycles. The van der Waals surface area contributed by atoms with Gasteiger partial charge >= 0.3 is 0 Å². The van der Waals surface area contributed by atoms with Crippen LogP contribution in [0.2, 0.25) is 10.0 Å². The zero-order valence-electron chi connectivity index (χ0n) is 10.6. The first-order chi connectivity index (χ1) is 9.12. The molecule has 19 heavy (non-hydrogen) atoms. The highest BCUT2D eigenvalue weighted by Gasteiger charge is 2.56. The van der Waals surface area contributed by atoms with Crippen LogP contribution in [0.15, 0.2) is 18.2 Å². The number of hydrogen-bond acceptors (Lipinski definition) is 2. The van der Waals surface area contributed by atoms with Gasteiger partial charge in [-0.25, -0.2) is 0 Å². The second-order valence-electron chi connectivity index (χ2n) is 5.53. The number of ketones is 1. The third-order valence-electron chi connectivity index (χ3n) is 4.45. The monoisotopic (exact) mass is 298 g/mol. The second kappa shape index (κ2) is 4.99. The fourth-order valence-corrected chi connectivity index (χ4v) is 3.60. The summed E-state index contributed by atoms with van der Waals surface area (Å²) in [6.45, 7) is 0. The van der Waals surface area contributed by atoms with Crippen LogP contribution >= 0.6 is 23.2 Å². The molecule has 1 spiro atoms. The smallest absolute Gasteiger partial charge is 0.146 e. The lowest BCUT2D eigenvalue weighted by Gasteiger charge is -2.49. The van der Waals surface area contributed by atoms with E-state index >= 15 is 0 Å². The van der Waals surface area contributed by atoms with Crippen LogP contribution in [-0.2, 0) is 4.79 Å². The number of halogens is 2. The first-order valence-corrected chi connectivity index (χ1v) is 7.52. The minimum Gasteiger partial charge on any atom is -0.487 e. The molecule has 102 valence electrons. The summed E-state index contributed by atoms with van der Waals surface area (Å²) in [6.07, 6.45) is 5.84. The molecule has 0 heterocycles. The maximum Gasteiger partial charge on any atom is 0.146 e. The van der Waals surface area contributed by atoms with Crippen molar-refractivity contribution in [3.05, 3.63) is 28.2 Å². The van der Waals surface area contributed by atoms with E-state index in [1.165, 1.54) is 6.42 Å². The SMILES string of the molecule is O=C1CC(Oc2cc(Cl)ccc2Cl)C12CCCCC2. The number of benzene rings is 1. The summed E-state index contributed by atoms with van der Waals surface area (Å²) in [5, 5.41) is 1.15. The lowest BCUT2D eigenvalue weighted by atomic mass is 9.57. The van der Waals surface area contributed by atoms with Crippen molar-refractivity contribution in [3.63, 3.8) is 0 Å². The average Bonchev–Trinajstić information content (AvgIpc) is 2.43. The van der Waals surface area contributed by atoms with Gasteiger partial charge in [-0.05, 0) is 25.0 Å². The predicted molar refractivity (Wildman–Crippen MR) is 76.0 cm³/mol. The number of hydrogen-bond donors (Lipinski definition) is 0. The number of ether oxygens (including phenoxy) is 1. The van der Waals surface area contributed by atoms with Crippen molar-refractivity contribution in [2.45, 2.75) is 44.6 Å². The second-order valence-corrected chi connectivity index (χ2v) is 6.37. The van der Waals surface area contributed by atoms with E-state index in [1.807, 2.05) is 0 Å². The van der Waals surface area contributed by atoms with Crippen molar-refractivity contribution >= 4 is 29.0 Å². The van der Waals surface area contributed by atoms with E-state index in [-0.39, 0.29) is 11.5 Å². The fourth-order valence-electron chi connectivity index (χ4n) is 3.27. The van der Waals surface area contributed by atoms with E-state index in [0.717, 1.165) is 25.7 Å². The van der Waals surface area contributed by atoms with Gasteiger partial charge in [-0.2, -0.15) is 0 Å². The minimum atomic E-state index is -0.246. The third kappa shape index (κ3) is 2.25. The Hall–Kier alpha value is -0.730. The first-order valence-electron chi connectivity index (χ1n) is 6.77. The summed E-state index contributed by atoms with van der Waals surface area (Å²) >= 11 is 12.1. The van der Waals surface area contributed by atoms with E-state index < -0.39 is 0 Å². The average molecular weight is 299 g/mol. The highest BCUT2D eigenvalue weighted by atomic mass is 35.5. The maximum atomic E-state index is 12.0. The Morgan fingerprint density at radius 2 is 1.89 bits per heavy atom. The van der Waals surface area contributed by atoms with Crippen LogP contribution in [-0.4, -0.2) is 11.9 Å². The predicted octanol–water partition coefficient (Wildman–Crippen LogP) is 4.66. The normalized spacial score (nSPS) is 25.2. The molecule has 0 bridgehead atoms.